The fourth-order valence-corrected chi connectivity index (χ4v) is 3.07. The highest BCUT2D eigenvalue weighted by Crippen LogP contribution is 2.26. The maximum Gasteiger partial charge on any atom is 0.261 e. The minimum absolute atomic E-state index is 0.0815. The van der Waals surface area contributed by atoms with E-state index in [0.29, 0.717) is 25.3 Å². The van der Waals surface area contributed by atoms with E-state index in [1.807, 2.05) is 59.4 Å². The Labute approximate surface area is 157 Å². The number of aryl methyl sites for hydroxylation is 1. The van der Waals surface area contributed by atoms with Crippen molar-refractivity contribution in [2.24, 2.45) is 0 Å². The van der Waals surface area contributed by atoms with Crippen LogP contribution in [0.15, 0.2) is 61.2 Å². The van der Waals surface area contributed by atoms with Crippen LogP contribution in [0.2, 0.25) is 0 Å². The Morgan fingerprint density at radius 3 is 2.89 bits per heavy atom. The molecule has 4 rings (SSSR count). The number of nitrogens with zero attached hydrogens (tertiary/aromatic N) is 3. The zero-order valence-corrected chi connectivity index (χ0v) is 14.8. The van der Waals surface area contributed by atoms with Crippen LogP contribution in [0.3, 0.4) is 0 Å². The first-order chi connectivity index (χ1) is 13.3. The third-order valence-electron chi connectivity index (χ3n) is 4.46. The van der Waals surface area contributed by atoms with Crippen molar-refractivity contribution in [3.05, 3.63) is 66.7 Å². The number of hydrogen-bond donors (Lipinski definition) is 2. The number of ether oxygens (including phenoxy) is 1. The van der Waals surface area contributed by atoms with Gasteiger partial charge in [-0.1, -0.05) is 18.2 Å². The highest BCUT2D eigenvalue weighted by molar-refractivity contribution is 5.81. The Balaban J connectivity index is 1.25. The molecule has 138 valence electrons. The number of rotatable bonds is 6. The quantitative estimate of drug-likeness (QED) is 0.656. The molecule has 0 aliphatic carbocycles. The first-order valence-corrected chi connectivity index (χ1v) is 9.01. The Hall–Kier alpha value is -3.35. The Morgan fingerprint density at radius 2 is 2.00 bits per heavy atom. The van der Waals surface area contributed by atoms with Gasteiger partial charge in [0.25, 0.3) is 5.91 Å². The van der Waals surface area contributed by atoms with Gasteiger partial charge in [-0.25, -0.2) is 9.97 Å². The molecule has 7 heteroatoms. The van der Waals surface area contributed by atoms with Gasteiger partial charge in [-0.2, -0.15) is 0 Å². The van der Waals surface area contributed by atoms with E-state index in [-0.39, 0.29) is 5.91 Å². The summed E-state index contributed by atoms with van der Waals surface area (Å²) in [5.41, 5.74) is 1.16. The molecule has 3 heterocycles. The molecule has 1 atom stereocenters. The van der Waals surface area contributed by atoms with E-state index < -0.39 is 6.10 Å². The normalized spacial score (nSPS) is 15.5. The third-order valence-corrected chi connectivity index (χ3v) is 4.46. The predicted octanol–water partition coefficient (Wildman–Crippen LogP) is 2.19. The minimum atomic E-state index is -0.431. The number of nitrogens with one attached hydrogen (secondary N) is 2. The topological polar surface area (TPSA) is 81.1 Å². The minimum Gasteiger partial charge on any atom is -0.480 e. The second kappa shape index (κ2) is 7.90. The maximum atomic E-state index is 12.3. The lowest BCUT2D eigenvalue weighted by Gasteiger charge is -2.25. The smallest absolute Gasteiger partial charge is 0.261 e. The monoisotopic (exact) mass is 363 g/mol. The molecule has 0 saturated heterocycles. The Bertz CT molecular complexity index is 910. The average molecular weight is 363 g/mol. The average Bonchev–Trinajstić information content (AvgIpc) is 3.26. The molecule has 0 saturated carbocycles. The van der Waals surface area contributed by atoms with Crippen molar-refractivity contribution in [1.29, 1.82) is 0 Å². The van der Waals surface area contributed by atoms with Gasteiger partial charge in [-0.15, -0.1) is 0 Å². The molecule has 1 aromatic carbocycles. The van der Waals surface area contributed by atoms with E-state index in [0.717, 1.165) is 23.6 Å². The lowest BCUT2D eigenvalue weighted by atomic mass is 10.0. The summed E-state index contributed by atoms with van der Waals surface area (Å²) in [6, 6.07) is 13.6. The van der Waals surface area contributed by atoms with Crippen molar-refractivity contribution in [2.75, 3.05) is 18.4 Å². The van der Waals surface area contributed by atoms with E-state index >= 15 is 0 Å². The molecule has 0 spiro atoms. The summed E-state index contributed by atoms with van der Waals surface area (Å²) in [6.45, 7) is 1.06. The molecule has 2 aromatic heterocycles. The molecule has 2 N–H and O–H groups in total. The number of para-hydroxylation sites is 1. The third kappa shape index (κ3) is 4.08. The standard InChI is InChI=1S/C20H21N5O2/c26-20(17-8-7-15-5-1-2-6-16(15)27-17)22-10-9-21-18-13-19(24-14-23-18)25-11-3-4-12-25/h1-6,11-14,17H,7-10H2,(H,22,26)(H,21,23,24). The van der Waals surface area contributed by atoms with Crippen LogP contribution in [-0.4, -0.2) is 39.6 Å². The summed E-state index contributed by atoms with van der Waals surface area (Å²) < 4.78 is 7.72. The van der Waals surface area contributed by atoms with Gasteiger partial charge in [-0.05, 0) is 36.6 Å². The van der Waals surface area contributed by atoms with Gasteiger partial charge < -0.3 is 19.9 Å². The van der Waals surface area contributed by atoms with Crippen LogP contribution in [0, 0.1) is 0 Å². The molecule has 1 aliphatic rings. The van der Waals surface area contributed by atoms with E-state index in [2.05, 4.69) is 20.6 Å². The van der Waals surface area contributed by atoms with Gasteiger partial charge in [-0.3, -0.25) is 4.79 Å². The highest BCUT2D eigenvalue weighted by atomic mass is 16.5. The van der Waals surface area contributed by atoms with Crippen molar-refractivity contribution < 1.29 is 9.53 Å². The van der Waals surface area contributed by atoms with Gasteiger partial charge in [0.15, 0.2) is 6.10 Å². The van der Waals surface area contributed by atoms with Crippen molar-refractivity contribution in [2.45, 2.75) is 18.9 Å². The number of aromatic nitrogens is 3. The first kappa shape index (κ1) is 17.1. The van der Waals surface area contributed by atoms with Crippen molar-refractivity contribution in [3.8, 4) is 11.6 Å². The van der Waals surface area contributed by atoms with Crippen LogP contribution >= 0.6 is 0 Å². The van der Waals surface area contributed by atoms with Gasteiger partial charge in [0.05, 0.1) is 0 Å². The molecule has 1 amide bonds. The van der Waals surface area contributed by atoms with Crippen molar-refractivity contribution in [1.82, 2.24) is 19.9 Å². The van der Waals surface area contributed by atoms with Crippen LogP contribution < -0.4 is 15.4 Å². The van der Waals surface area contributed by atoms with Gasteiger partial charge >= 0.3 is 0 Å². The van der Waals surface area contributed by atoms with E-state index in [1.165, 1.54) is 6.33 Å². The number of amides is 1. The van der Waals surface area contributed by atoms with Gasteiger partial charge in [0.2, 0.25) is 0 Å². The molecular weight excluding hydrogens is 342 g/mol. The molecule has 0 fully saturated rings. The van der Waals surface area contributed by atoms with Crippen LogP contribution in [-0.2, 0) is 11.2 Å². The maximum absolute atomic E-state index is 12.3. The van der Waals surface area contributed by atoms with Crippen molar-refractivity contribution >= 4 is 11.7 Å². The SMILES string of the molecule is O=C(NCCNc1cc(-n2cccc2)ncn1)C1CCc2ccccc2O1. The lowest BCUT2D eigenvalue weighted by Crippen LogP contribution is -2.42. The number of benzene rings is 1. The first-order valence-electron chi connectivity index (χ1n) is 9.01. The van der Waals surface area contributed by atoms with E-state index in [9.17, 15) is 4.79 Å². The van der Waals surface area contributed by atoms with Crippen LogP contribution in [0.1, 0.15) is 12.0 Å². The summed E-state index contributed by atoms with van der Waals surface area (Å²) in [4.78, 5) is 20.8. The molecule has 1 unspecified atom stereocenters. The predicted molar refractivity (Wildman–Crippen MR) is 102 cm³/mol. The summed E-state index contributed by atoms with van der Waals surface area (Å²) in [7, 11) is 0. The van der Waals surface area contributed by atoms with Crippen LogP contribution in [0.4, 0.5) is 5.82 Å². The largest absolute Gasteiger partial charge is 0.480 e. The number of anilines is 1. The van der Waals surface area contributed by atoms with Gasteiger partial charge in [0.1, 0.15) is 23.7 Å². The summed E-state index contributed by atoms with van der Waals surface area (Å²) in [6.07, 6.45) is 6.49. The van der Waals surface area contributed by atoms with Crippen LogP contribution in [0.5, 0.6) is 5.75 Å². The zero-order chi connectivity index (χ0) is 18.5. The summed E-state index contributed by atoms with van der Waals surface area (Å²) >= 11 is 0. The second-order valence-corrected chi connectivity index (χ2v) is 6.32. The molecule has 0 radical (unpaired) electrons. The Morgan fingerprint density at radius 1 is 1.15 bits per heavy atom. The summed E-state index contributed by atoms with van der Waals surface area (Å²) in [5, 5.41) is 6.12. The van der Waals surface area contributed by atoms with E-state index in [1.54, 1.807) is 0 Å². The lowest BCUT2D eigenvalue weighted by molar-refractivity contribution is -0.128. The second-order valence-electron chi connectivity index (χ2n) is 6.32. The molecule has 3 aromatic rings. The van der Waals surface area contributed by atoms with E-state index in [4.69, 9.17) is 4.74 Å². The van der Waals surface area contributed by atoms with Crippen molar-refractivity contribution in [3.63, 3.8) is 0 Å². The Kier molecular flexibility index (Phi) is 5.00. The molecule has 1 aliphatic heterocycles. The number of carbonyl (C=O) groups excluding carboxylic acids is 1. The zero-order valence-electron chi connectivity index (χ0n) is 14.8. The molecular formula is C20H21N5O2. The molecule has 7 nitrogen and oxygen atoms in total. The number of fused-ring (bicyclic) bond motifs is 1. The number of hydrogen-bond acceptors (Lipinski definition) is 5. The summed E-state index contributed by atoms with van der Waals surface area (Å²) in [5.74, 6) is 2.23. The molecule has 27 heavy (non-hydrogen) atoms. The highest BCUT2D eigenvalue weighted by Gasteiger charge is 2.25. The fraction of sp³-hybridized carbons (Fsp3) is 0.250. The van der Waals surface area contributed by atoms with Gasteiger partial charge in [0, 0.05) is 31.5 Å². The van der Waals surface area contributed by atoms with Crippen LogP contribution in [0.25, 0.3) is 5.82 Å². The number of carbonyl (C=O) groups is 1. The fourth-order valence-electron chi connectivity index (χ4n) is 3.07. The molecule has 0 bridgehead atoms.